The van der Waals surface area contributed by atoms with Crippen molar-refractivity contribution in [3.8, 4) is 0 Å². The van der Waals surface area contributed by atoms with Crippen molar-refractivity contribution in [1.82, 2.24) is 0 Å². The molecule has 0 atom stereocenters. The number of nitrogen functional groups attached to an aromatic ring is 2. The summed E-state index contributed by atoms with van der Waals surface area (Å²) in [6.45, 7) is 0. The van der Waals surface area contributed by atoms with Crippen LogP contribution in [0.25, 0.3) is 0 Å². The van der Waals surface area contributed by atoms with E-state index in [4.69, 9.17) is 22.9 Å². The number of primary amides is 2. The number of carbonyl (C=O) groups excluding carboxylic acids is 2. The van der Waals surface area contributed by atoms with Crippen LogP contribution in [0.3, 0.4) is 0 Å². The molecule has 1 rings (SSSR count). The Morgan fingerprint density at radius 3 is 1.36 bits per heavy atom. The topological polar surface area (TPSA) is 138 Å². The number of nitrogens with two attached hydrogens (primary N) is 4. The lowest BCUT2D eigenvalue weighted by Crippen LogP contribution is -2.18. The number of carbonyl (C=O) groups is 2. The molecule has 0 heterocycles. The lowest BCUT2D eigenvalue weighted by Gasteiger charge is -2.06. The van der Waals surface area contributed by atoms with E-state index in [1.54, 1.807) is 0 Å². The quantitative estimate of drug-likeness (QED) is 0.450. The maximum atomic E-state index is 10.8. The molecule has 0 bridgehead atoms. The third kappa shape index (κ3) is 1.58. The Labute approximate surface area is 79.8 Å². The summed E-state index contributed by atoms with van der Waals surface area (Å²) in [6, 6.07) is 2.47. The molecule has 0 aromatic heterocycles. The van der Waals surface area contributed by atoms with Gasteiger partial charge in [-0.05, 0) is 12.1 Å². The van der Waals surface area contributed by atoms with Crippen LogP contribution in [-0.4, -0.2) is 11.8 Å². The second kappa shape index (κ2) is 3.25. The summed E-state index contributed by atoms with van der Waals surface area (Å²) in [5, 5.41) is 0. The summed E-state index contributed by atoms with van der Waals surface area (Å²) in [5.41, 5.74) is 21.3. The predicted molar refractivity (Wildman–Crippen MR) is 52.3 cm³/mol. The zero-order valence-electron chi connectivity index (χ0n) is 7.28. The van der Waals surface area contributed by atoms with Crippen LogP contribution in [0.2, 0.25) is 0 Å². The first-order valence-corrected chi connectivity index (χ1v) is 3.72. The smallest absolute Gasteiger partial charge is 0.250 e. The van der Waals surface area contributed by atoms with Gasteiger partial charge in [0.1, 0.15) is 0 Å². The Morgan fingerprint density at radius 1 is 0.857 bits per heavy atom. The van der Waals surface area contributed by atoms with E-state index in [9.17, 15) is 9.59 Å². The van der Waals surface area contributed by atoms with Gasteiger partial charge in [0.25, 0.3) is 11.8 Å². The maximum Gasteiger partial charge on any atom is 0.250 e. The zero-order valence-corrected chi connectivity index (χ0v) is 7.28. The molecule has 6 nitrogen and oxygen atoms in total. The van der Waals surface area contributed by atoms with Crippen molar-refractivity contribution in [1.29, 1.82) is 0 Å². The van der Waals surface area contributed by atoms with Gasteiger partial charge in [-0.25, -0.2) is 0 Å². The van der Waals surface area contributed by atoms with E-state index in [1.807, 2.05) is 0 Å². The van der Waals surface area contributed by atoms with Gasteiger partial charge in [-0.15, -0.1) is 0 Å². The molecule has 2 amide bonds. The van der Waals surface area contributed by atoms with Crippen molar-refractivity contribution >= 4 is 23.2 Å². The zero-order chi connectivity index (χ0) is 10.9. The first kappa shape index (κ1) is 9.85. The van der Waals surface area contributed by atoms with Gasteiger partial charge in [0.15, 0.2) is 0 Å². The fraction of sp³-hybridized carbons (Fsp3) is 0. The molecule has 14 heavy (non-hydrogen) atoms. The van der Waals surface area contributed by atoms with Crippen molar-refractivity contribution < 1.29 is 9.59 Å². The van der Waals surface area contributed by atoms with Gasteiger partial charge >= 0.3 is 0 Å². The summed E-state index contributed by atoms with van der Waals surface area (Å²) >= 11 is 0. The lowest BCUT2D eigenvalue weighted by molar-refractivity contribution is 0.0989. The van der Waals surface area contributed by atoms with Gasteiger partial charge in [0, 0.05) is 11.4 Å². The Hall–Kier alpha value is -2.24. The van der Waals surface area contributed by atoms with Gasteiger partial charge in [0.05, 0.1) is 11.1 Å². The minimum atomic E-state index is -0.703. The number of anilines is 2. The largest absolute Gasteiger partial charge is 0.398 e. The normalized spacial score (nSPS) is 9.71. The Morgan fingerprint density at radius 2 is 1.14 bits per heavy atom. The molecule has 1 aromatic carbocycles. The van der Waals surface area contributed by atoms with E-state index < -0.39 is 11.8 Å². The lowest BCUT2D eigenvalue weighted by atomic mass is 10.1. The van der Waals surface area contributed by atoms with E-state index in [2.05, 4.69) is 0 Å². The van der Waals surface area contributed by atoms with Gasteiger partial charge in [-0.3, -0.25) is 9.59 Å². The Balaban J connectivity index is 3.38. The molecule has 8 N–H and O–H groups in total. The molecule has 0 aliphatic carbocycles. The first-order valence-electron chi connectivity index (χ1n) is 3.72. The fourth-order valence-electron chi connectivity index (χ4n) is 1.06. The van der Waals surface area contributed by atoms with Crippen LogP contribution in [0, 0.1) is 0 Å². The minimum absolute atomic E-state index is 0.0764. The number of amides is 2. The minimum Gasteiger partial charge on any atom is -0.398 e. The summed E-state index contributed by atoms with van der Waals surface area (Å²) in [5.74, 6) is -1.41. The summed E-state index contributed by atoms with van der Waals surface area (Å²) in [4.78, 5) is 21.7. The predicted octanol–water partition coefficient (Wildman–Crippen LogP) is -0.951. The number of rotatable bonds is 2. The molecule has 6 heteroatoms. The Bertz CT molecular complexity index is 374. The van der Waals surface area contributed by atoms with Gasteiger partial charge in [-0.1, -0.05) is 0 Å². The second-order valence-electron chi connectivity index (χ2n) is 2.76. The number of hydrogen-bond donors (Lipinski definition) is 4. The van der Waals surface area contributed by atoms with E-state index in [-0.39, 0.29) is 22.5 Å². The van der Waals surface area contributed by atoms with Crippen LogP contribution in [-0.2, 0) is 0 Å². The molecule has 74 valence electrons. The van der Waals surface area contributed by atoms with Crippen molar-refractivity contribution in [2.24, 2.45) is 11.5 Å². The maximum absolute atomic E-state index is 10.8. The summed E-state index contributed by atoms with van der Waals surface area (Å²) < 4.78 is 0. The molecule has 1 aromatic rings. The molecule has 0 aliphatic heterocycles. The average Bonchev–Trinajstić information content (AvgIpc) is 2.07. The highest BCUT2D eigenvalue weighted by Crippen LogP contribution is 2.20. The van der Waals surface area contributed by atoms with Crippen LogP contribution in [0.1, 0.15) is 20.7 Å². The highest BCUT2D eigenvalue weighted by Gasteiger charge is 2.12. The fourth-order valence-corrected chi connectivity index (χ4v) is 1.06. The van der Waals surface area contributed by atoms with E-state index in [0.29, 0.717) is 0 Å². The second-order valence-corrected chi connectivity index (χ2v) is 2.76. The molecule has 0 radical (unpaired) electrons. The third-order valence-corrected chi connectivity index (χ3v) is 1.75. The molecule has 0 saturated heterocycles. The van der Waals surface area contributed by atoms with E-state index in [0.717, 1.165) is 0 Å². The molecule has 0 saturated carbocycles. The van der Waals surface area contributed by atoms with E-state index in [1.165, 1.54) is 12.1 Å². The van der Waals surface area contributed by atoms with Gasteiger partial charge in [0.2, 0.25) is 0 Å². The van der Waals surface area contributed by atoms with Crippen molar-refractivity contribution in [2.45, 2.75) is 0 Å². The molecule has 0 aliphatic rings. The average molecular weight is 194 g/mol. The van der Waals surface area contributed by atoms with Crippen LogP contribution in [0.15, 0.2) is 12.1 Å². The van der Waals surface area contributed by atoms with Crippen molar-refractivity contribution in [2.75, 3.05) is 11.5 Å². The third-order valence-electron chi connectivity index (χ3n) is 1.75. The highest BCUT2D eigenvalue weighted by molar-refractivity contribution is 6.04. The molecule has 0 spiro atoms. The molecular weight excluding hydrogens is 184 g/mol. The van der Waals surface area contributed by atoms with Crippen LogP contribution in [0.4, 0.5) is 11.4 Å². The van der Waals surface area contributed by atoms with Gasteiger partial charge in [-0.2, -0.15) is 0 Å². The summed E-state index contributed by atoms with van der Waals surface area (Å²) in [6.07, 6.45) is 0. The monoisotopic (exact) mass is 194 g/mol. The van der Waals surface area contributed by atoms with Gasteiger partial charge < -0.3 is 22.9 Å². The summed E-state index contributed by atoms with van der Waals surface area (Å²) in [7, 11) is 0. The number of hydrogen-bond acceptors (Lipinski definition) is 4. The Kier molecular flexibility index (Phi) is 2.29. The van der Waals surface area contributed by atoms with Crippen LogP contribution >= 0.6 is 0 Å². The molecular formula is C8H10N4O2. The highest BCUT2D eigenvalue weighted by atomic mass is 16.1. The van der Waals surface area contributed by atoms with Crippen molar-refractivity contribution in [3.05, 3.63) is 23.3 Å². The van der Waals surface area contributed by atoms with E-state index >= 15 is 0 Å². The SMILES string of the molecule is NC(=O)c1cc(N)c(C(N)=O)cc1N. The van der Waals surface area contributed by atoms with Crippen LogP contribution in [0.5, 0.6) is 0 Å². The van der Waals surface area contributed by atoms with Crippen LogP contribution < -0.4 is 22.9 Å². The van der Waals surface area contributed by atoms with Crippen molar-refractivity contribution in [3.63, 3.8) is 0 Å². The molecule has 0 fully saturated rings. The molecule has 0 unspecified atom stereocenters. The number of benzene rings is 1. The first-order chi connectivity index (χ1) is 6.43. The standard InChI is InChI=1S/C8H10N4O2/c9-5-1-3(7(11)13)6(10)2-4(5)8(12)14/h1-2H,9-10H2,(H2,11,13)(H2,12,14).